The van der Waals surface area contributed by atoms with Gasteiger partial charge < -0.3 is 9.47 Å². The van der Waals surface area contributed by atoms with Gasteiger partial charge in [-0.25, -0.2) is 9.80 Å². The van der Waals surface area contributed by atoms with E-state index in [1.54, 1.807) is 36.4 Å². The minimum Gasteiger partial charge on any atom is -0.491 e. The van der Waals surface area contributed by atoms with Crippen molar-refractivity contribution in [1.29, 1.82) is 0 Å². The lowest BCUT2D eigenvalue weighted by Gasteiger charge is -2.53. The highest BCUT2D eigenvalue weighted by Gasteiger charge is 2.75. The first kappa shape index (κ1) is 28.1. The Morgan fingerprint density at radius 2 is 1.07 bits per heavy atom. The molecular formula is C36H34N2O6. The quantitative estimate of drug-likeness (QED) is 0.248. The van der Waals surface area contributed by atoms with Crippen LogP contribution < -0.4 is 19.3 Å². The van der Waals surface area contributed by atoms with Crippen molar-refractivity contribution in [1.82, 2.24) is 0 Å². The van der Waals surface area contributed by atoms with Gasteiger partial charge in [-0.05, 0) is 42.7 Å². The normalized spacial score (nSPS) is 28.5. The number of carbonyl (C=O) groups excluding carboxylic acids is 4. The van der Waals surface area contributed by atoms with Gasteiger partial charge in [-0.1, -0.05) is 80.6 Å². The van der Waals surface area contributed by atoms with Crippen molar-refractivity contribution in [3.63, 3.8) is 0 Å². The van der Waals surface area contributed by atoms with Gasteiger partial charge in [0.1, 0.15) is 11.5 Å². The van der Waals surface area contributed by atoms with E-state index in [0.717, 1.165) is 18.4 Å². The number of carbonyl (C=O) groups is 4. The third kappa shape index (κ3) is 3.82. The van der Waals surface area contributed by atoms with Crippen molar-refractivity contribution in [2.24, 2.45) is 29.6 Å². The van der Waals surface area contributed by atoms with E-state index in [2.05, 4.69) is 0 Å². The molecule has 3 aliphatic carbocycles. The molecule has 8 nitrogen and oxygen atoms in total. The van der Waals surface area contributed by atoms with E-state index in [0.29, 0.717) is 36.1 Å². The lowest BCUT2D eigenvalue weighted by Crippen LogP contribution is -2.60. The summed E-state index contributed by atoms with van der Waals surface area (Å²) in [6.45, 7) is 4.84. The molecule has 0 spiro atoms. The number of anilines is 2. The van der Waals surface area contributed by atoms with Crippen LogP contribution in [0.5, 0.6) is 11.5 Å². The predicted molar refractivity (Wildman–Crippen MR) is 164 cm³/mol. The Balaban J connectivity index is 1.38. The first-order valence-electron chi connectivity index (χ1n) is 15.4. The second-order valence-electron chi connectivity index (χ2n) is 11.9. The van der Waals surface area contributed by atoms with Crippen LogP contribution in [-0.4, -0.2) is 36.8 Å². The van der Waals surface area contributed by atoms with Crippen LogP contribution in [0.15, 0.2) is 91.0 Å². The first-order valence-corrected chi connectivity index (χ1v) is 15.4. The standard InChI is InChI=1S/C36H34N2O6/c1-3-20-43-26-16-10-8-14-24(26)37-32(39)28-23-18-19-36(30(28)34(37)41,22-12-6-5-7-13-22)31-29(23)33(40)38(35(31)42)25-15-9-11-17-27(25)44-21-4-2/h5-19,23,28-31H,3-4,20-21H2,1-2H3/t23?,28-,29+,30-,31-,36?/m0/s1. The van der Waals surface area contributed by atoms with Crippen LogP contribution in [0.2, 0.25) is 0 Å². The summed E-state index contributed by atoms with van der Waals surface area (Å²) in [5.74, 6) is -4.57. The van der Waals surface area contributed by atoms with Gasteiger partial charge in [-0.3, -0.25) is 19.2 Å². The van der Waals surface area contributed by atoms with E-state index in [1.807, 2.05) is 68.5 Å². The number of hydrogen-bond donors (Lipinski definition) is 0. The van der Waals surface area contributed by atoms with Crippen LogP contribution in [0.3, 0.4) is 0 Å². The number of imide groups is 2. The van der Waals surface area contributed by atoms with Crippen LogP contribution >= 0.6 is 0 Å². The Morgan fingerprint density at radius 3 is 1.55 bits per heavy atom. The van der Waals surface area contributed by atoms with Crippen LogP contribution in [0, 0.1) is 29.6 Å². The number of ether oxygens (including phenoxy) is 2. The molecule has 0 N–H and O–H groups in total. The molecule has 2 unspecified atom stereocenters. The third-order valence-corrected chi connectivity index (χ3v) is 9.56. The molecule has 2 aliphatic heterocycles. The minimum absolute atomic E-state index is 0.369. The van der Waals surface area contributed by atoms with E-state index < -0.39 is 35.0 Å². The number of allylic oxidation sites excluding steroid dienone is 2. The molecule has 2 heterocycles. The molecule has 0 radical (unpaired) electrons. The van der Waals surface area contributed by atoms with E-state index in [1.165, 1.54) is 9.80 Å². The maximum Gasteiger partial charge on any atom is 0.239 e. The Kier molecular flexibility index (Phi) is 6.87. The van der Waals surface area contributed by atoms with Crippen molar-refractivity contribution in [3.8, 4) is 11.5 Å². The zero-order valence-electron chi connectivity index (χ0n) is 24.7. The molecule has 44 heavy (non-hydrogen) atoms. The molecule has 3 fully saturated rings. The molecule has 5 aliphatic rings. The van der Waals surface area contributed by atoms with Gasteiger partial charge in [0.2, 0.25) is 23.6 Å². The molecule has 3 aromatic carbocycles. The summed E-state index contributed by atoms with van der Waals surface area (Å²) >= 11 is 0. The van der Waals surface area contributed by atoms with Gasteiger partial charge >= 0.3 is 0 Å². The minimum atomic E-state index is -1.20. The van der Waals surface area contributed by atoms with E-state index in [4.69, 9.17) is 9.47 Å². The fraction of sp³-hybridized carbons (Fsp3) is 0.333. The van der Waals surface area contributed by atoms with Gasteiger partial charge in [0.15, 0.2) is 0 Å². The third-order valence-electron chi connectivity index (χ3n) is 9.56. The Labute approximate surface area is 256 Å². The van der Waals surface area contributed by atoms with E-state index in [-0.39, 0.29) is 23.6 Å². The molecule has 8 heteroatoms. The fourth-order valence-corrected chi connectivity index (χ4v) is 7.91. The number of para-hydroxylation sites is 4. The number of nitrogens with zero attached hydrogens (tertiary/aromatic N) is 2. The second-order valence-corrected chi connectivity index (χ2v) is 11.9. The largest absolute Gasteiger partial charge is 0.491 e. The number of amides is 4. The highest BCUT2D eigenvalue weighted by molar-refractivity contribution is 6.27. The molecular weight excluding hydrogens is 556 g/mol. The van der Waals surface area contributed by atoms with Crippen molar-refractivity contribution >= 4 is 35.0 Å². The maximum atomic E-state index is 14.6. The molecule has 8 rings (SSSR count). The average Bonchev–Trinajstić information content (AvgIpc) is 3.50. The van der Waals surface area contributed by atoms with Gasteiger partial charge in [-0.2, -0.15) is 0 Å². The first-order chi connectivity index (χ1) is 21.5. The van der Waals surface area contributed by atoms with Crippen molar-refractivity contribution in [2.45, 2.75) is 32.1 Å². The predicted octanol–water partition coefficient (Wildman–Crippen LogP) is 5.31. The van der Waals surface area contributed by atoms with Gasteiger partial charge in [-0.15, -0.1) is 0 Å². The monoisotopic (exact) mass is 590 g/mol. The summed E-state index contributed by atoms with van der Waals surface area (Å²) in [7, 11) is 0. The number of rotatable bonds is 9. The smallest absolute Gasteiger partial charge is 0.239 e. The second kappa shape index (κ2) is 10.8. The molecule has 6 atom stereocenters. The Bertz CT molecular complexity index is 1590. The summed E-state index contributed by atoms with van der Waals surface area (Å²) in [4.78, 5) is 60.6. The van der Waals surface area contributed by atoms with Crippen molar-refractivity contribution in [2.75, 3.05) is 23.0 Å². The van der Waals surface area contributed by atoms with Crippen LogP contribution in [0.4, 0.5) is 11.4 Å². The molecule has 3 aromatic rings. The molecule has 224 valence electrons. The summed E-state index contributed by atoms with van der Waals surface area (Å²) in [6.07, 6.45) is 5.36. The number of hydrogen-bond acceptors (Lipinski definition) is 6. The van der Waals surface area contributed by atoms with Gasteiger partial charge in [0, 0.05) is 11.3 Å². The van der Waals surface area contributed by atoms with Crippen molar-refractivity contribution < 1.29 is 28.7 Å². The van der Waals surface area contributed by atoms with Gasteiger partial charge in [0.05, 0.1) is 48.3 Å². The molecule has 0 aromatic heterocycles. The fourth-order valence-electron chi connectivity index (χ4n) is 7.91. The Hall–Kier alpha value is -4.72. The highest BCUT2D eigenvalue weighted by atomic mass is 16.5. The highest BCUT2D eigenvalue weighted by Crippen LogP contribution is 2.65. The summed E-state index contributed by atoms with van der Waals surface area (Å²) in [5.41, 5.74) is 0.308. The molecule has 4 amide bonds. The van der Waals surface area contributed by atoms with Gasteiger partial charge in [0.25, 0.3) is 0 Å². The average molecular weight is 591 g/mol. The van der Waals surface area contributed by atoms with Crippen LogP contribution in [-0.2, 0) is 24.6 Å². The maximum absolute atomic E-state index is 14.6. The molecule has 2 saturated heterocycles. The molecule has 2 bridgehead atoms. The van der Waals surface area contributed by atoms with Crippen LogP contribution in [0.1, 0.15) is 32.3 Å². The summed E-state index contributed by atoms with van der Waals surface area (Å²) in [6, 6.07) is 23.5. The Morgan fingerprint density at radius 1 is 0.614 bits per heavy atom. The zero-order valence-corrected chi connectivity index (χ0v) is 24.7. The van der Waals surface area contributed by atoms with E-state index >= 15 is 0 Å². The zero-order chi connectivity index (χ0) is 30.6. The van der Waals surface area contributed by atoms with E-state index in [9.17, 15) is 19.2 Å². The summed E-state index contributed by atoms with van der Waals surface area (Å²) in [5, 5.41) is 0. The summed E-state index contributed by atoms with van der Waals surface area (Å²) < 4.78 is 11.9. The molecule has 1 saturated carbocycles. The topological polar surface area (TPSA) is 93.2 Å². The van der Waals surface area contributed by atoms with Crippen molar-refractivity contribution in [3.05, 3.63) is 96.6 Å². The number of benzene rings is 3. The lowest BCUT2D eigenvalue weighted by molar-refractivity contribution is -0.140. The van der Waals surface area contributed by atoms with Crippen LogP contribution in [0.25, 0.3) is 0 Å². The SMILES string of the molecule is CCCOc1ccccc1N1C(=O)[C@@H]2C3C=CC(c4ccccc4)([C@@H]2C1=O)[C@@H]1C(=O)N(c2ccccc2OCCC)C(=O)[C@@H]31. The lowest BCUT2D eigenvalue weighted by atomic mass is 9.45.